The van der Waals surface area contributed by atoms with Crippen molar-refractivity contribution in [1.82, 2.24) is 9.55 Å². The molecule has 0 amide bonds. The van der Waals surface area contributed by atoms with Gasteiger partial charge in [0.1, 0.15) is 4.83 Å². The summed E-state index contributed by atoms with van der Waals surface area (Å²) in [6, 6.07) is 42.1. The Morgan fingerprint density at radius 1 is 0.474 bits per heavy atom. The first-order valence-electron chi connectivity index (χ1n) is 12.9. The largest absolute Gasteiger partial charge is 0.309 e. The molecular formula is C35H20N2S. The molecule has 0 atom stereocenters. The predicted molar refractivity (Wildman–Crippen MR) is 164 cm³/mol. The number of hydrogen-bond acceptors (Lipinski definition) is 2. The molecule has 176 valence electrons. The first kappa shape index (κ1) is 20.3. The minimum absolute atomic E-state index is 1.09. The van der Waals surface area contributed by atoms with Gasteiger partial charge in [-0.3, -0.25) is 0 Å². The van der Waals surface area contributed by atoms with Crippen molar-refractivity contribution in [2.45, 2.75) is 0 Å². The molecule has 0 radical (unpaired) electrons. The average molecular weight is 501 g/mol. The van der Waals surface area contributed by atoms with E-state index in [1.54, 1.807) is 11.3 Å². The highest BCUT2D eigenvalue weighted by Gasteiger charge is 2.18. The number of benzene rings is 6. The highest BCUT2D eigenvalue weighted by Crippen LogP contribution is 2.43. The van der Waals surface area contributed by atoms with E-state index in [-0.39, 0.29) is 0 Å². The Hall–Kier alpha value is -4.73. The fourth-order valence-electron chi connectivity index (χ4n) is 6.47. The van der Waals surface area contributed by atoms with Crippen molar-refractivity contribution in [2.75, 3.05) is 0 Å². The molecule has 0 aliphatic heterocycles. The minimum atomic E-state index is 1.09. The zero-order valence-electron chi connectivity index (χ0n) is 20.3. The number of nitrogens with zero attached hydrogens (tertiary/aromatic N) is 2. The van der Waals surface area contributed by atoms with E-state index >= 15 is 0 Å². The molecule has 0 saturated heterocycles. The second-order valence-electron chi connectivity index (χ2n) is 9.96. The zero-order valence-corrected chi connectivity index (χ0v) is 21.2. The van der Waals surface area contributed by atoms with Gasteiger partial charge in [-0.2, -0.15) is 0 Å². The molecule has 3 heteroatoms. The monoisotopic (exact) mass is 500 g/mol. The molecule has 9 rings (SSSR count). The minimum Gasteiger partial charge on any atom is -0.309 e. The third-order valence-electron chi connectivity index (χ3n) is 8.03. The molecule has 0 spiro atoms. The fourth-order valence-corrected chi connectivity index (χ4v) is 7.53. The quantitative estimate of drug-likeness (QED) is 0.205. The lowest BCUT2D eigenvalue weighted by Crippen LogP contribution is -1.94. The standard InChI is InChI=1S/C35H20N2S/c1-2-10-24-22(8-1)23-9-3-4-11-25(23)29-20-21(15-16-26(24)29)37-30-14-6-5-12-27(30)33-31(37)17-18-32-34(33)28-13-7-19-36-35(28)38-32/h1-20H. The number of fused-ring (bicyclic) bond motifs is 13. The molecule has 0 fully saturated rings. The topological polar surface area (TPSA) is 17.8 Å². The Kier molecular flexibility index (Phi) is 3.96. The second-order valence-corrected chi connectivity index (χ2v) is 11.0. The van der Waals surface area contributed by atoms with E-state index in [4.69, 9.17) is 0 Å². The van der Waals surface area contributed by atoms with Crippen LogP contribution in [0.3, 0.4) is 0 Å². The van der Waals surface area contributed by atoms with Gasteiger partial charge in [-0.05, 0) is 74.8 Å². The number of para-hydroxylation sites is 1. The molecule has 0 saturated carbocycles. The average Bonchev–Trinajstić information content (AvgIpc) is 3.52. The Morgan fingerprint density at radius 3 is 1.87 bits per heavy atom. The first-order chi connectivity index (χ1) is 18.9. The van der Waals surface area contributed by atoms with Crippen molar-refractivity contribution in [1.29, 1.82) is 0 Å². The van der Waals surface area contributed by atoms with Gasteiger partial charge >= 0.3 is 0 Å². The summed E-state index contributed by atoms with van der Waals surface area (Å²) < 4.78 is 3.72. The van der Waals surface area contributed by atoms with Crippen LogP contribution in [0.2, 0.25) is 0 Å². The van der Waals surface area contributed by atoms with Crippen LogP contribution in [0.5, 0.6) is 0 Å². The van der Waals surface area contributed by atoms with Gasteiger partial charge in [0.05, 0.1) is 11.0 Å². The van der Waals surface area contributed by atoms with Gasteiger partial charge in [-0.1, -0.05) is 72.8 Å². The molecule has 0 bridgehead atoms. The van der Waals surface area contributed by atoms with E-state index in [1.165, 1.54) is 75.3 Å². The van der Waals surface area contributed by atoms with Crippen molar-refractivity contribution in [3.05, 3.63) is 121 Å². The third-order valence-corrected chi connectivity index (χ3v) is 9.11. The lowest BCUT2D eigenvalue weighted by Gasteiger charge is -2.13. The number of rotatable bonds is 1. The Bertz CT molecular complexity index is 2370. The zero-order chi connectivity index (χ0) is 24.8. The molecular weight excluding hydrogens is 480 g/mol. The summed E-state index contributed by atoms with van der Waals surface area (Å²) in [5, 5.41) is 12.9. The van der Waals surface area contributed by atoms with Crippen LogP contribution in [0.1, 0.15) is 0 Å². The molecule has 0 aliphatic rings. The summed E-state index contributed by atoms with van der Waals surface area (Å²) in [4.78, 5) is 5.76. The van der Waals surface area contributed by atoms with Crippen molar-refractivity contribution in [3.63, 3.8) is 0 Å². The summed E-state index contributed by atoms with van der Waals surface area (Å²) in [5.74, 6) is 0. The van der Waals surface area contributed by atoms with Gasteiger partial charge < -0.3 is 4.57 Å². The Balaban J connectivity index is 1.46. The van der Waals surface area contributed by atoms with Crippen LogP contribution in [0.25, 0.3) is 80.1 Å². The normalized spacial score (nSPS) is 12.2. The van der Waals surface area contributed by atoms with Gasteiger partial charge in [0.15, 0.2) is 0 Å². The predicted octanol–water partition coefficient (Wildman–Crippen LogP) is 10.0. The molecule has 9 aromatic rings. The highest BCUT2D eigenvalue weighted by molar-refractivity contribution is 7.25. The van der Waals surface area contributed by atoms with Gasteiger partial charge in [0.25, 0.3) is 0 Å². The van der Waals surface area contributed by atoms with Crippen molar-refractivity contribution in [2.24, 2.45) is 0 Å². The van der Waals surface area contributed by atoms with E-state index in [1.807, 2.05) is 12.3 Å². The van der Waals surface area contributed by atoms with Crippen LogP contribution >= 0.6 is 11.3 Å². The maximum Gasteiger partial charge on any atom is 0.124 e. The van der Waals surface area contributed by atoms with Crippen LogP contribution in [0, 0.1) is 0 Å². The molecule has 2 nitrogen and oxygen atoms in total. The molecule has 6 aromatic carbocycles. The molecule has 0 N–H and O–H groups in total. The SMILES string of the molecule is c1ccc2c(c1)c1ccccc1c1cc(-n3c4ccccc4c4c5c(ccc43)sc3ncccc35)ccc21. The molecule has 38 heavy (non-hydrogen) atoms. The molecule has 3 heterocycles. The summed E-state index contributed by atoms with van der Waals surface area (Å²) in [7, 11) is 0. The van der Waals surface area contributed by atoms with E-state index in [2.05, 4.69) is 119 Å². The van der Waals surface area contributed by atoms with E-state index in [0.717, 1.165) is 4.83 Å². The number of aromatic nitrogens is 2. The number of pyridine rings is 1. The maximum absolute atomic E-state index is 4.67. The molecule has 3 aromatic heterocycles. The summed E-state index contributed by atoms with van der Waals surface area (Å²) >= 11 is 1.77. The molecule has 0 aliphatic carbocycles. The lowest BCUT2D eigenvalue weighted by atomic mass is 9.94. The van der Waals surface area contributed by atoms with Crippen molar-refractivity contribution < 1.29 is 0 Å². The van der Waals surface area contributed by atoms with Crippen molar-refractivity contribution >= 4 is 85.8 Å². The van der Waals surface area contributed by atoms with Crippen LogP contribution in [0.15, 0.2) is 121 Å². The summed E-state index contributed by atoms with van der Waals surface area (Å²) in [6.07, 6.45) is 1.89. The Labute approximate surface area is 222 Å². The van der Waals surface area contributed by atoms with Gasteiger partial charge in [-0.25, -0.2) is 4.98 Å². The summed E-state index contributed by atoms with van der Waals surface area (Å²) in [6.45, 7) is 0. The fraction of sp³-hybridized carbons (Fsp3) is 0. The van der Waals surface area contributed by atoms with Gasteiger partial charge in [0, 0.05) is 38.1 Å². The van der Waals surface area contributed by atoms with Gasteiger partial charge in [0.2, 0.25) is 0 Å². The van der Waals surface area contributed by atoms with Crippen LogP contribution in [-0.4, -0.2) is 9.55 Å². The maximum atomic E-state index is 4.67. The van der Waals surface area contributed by atoms with Crippen LogP contribution in [-0.2, 0) is 0 Å². The Morgan fingerprint density at radius 2 is 1.11 bits per heavy atom. The van der Waals surface area contributed by atoms with Crippen molar-refractivity contribution in [3.8, 4) is 5.69 Å². The van der Waals surface area contributed by atoms with E-state index in [0.29, 0.717) is 0 Å². The molecule has 0 unspecified atom stereocenters. The summed E-state index contributed by atoms with van der Waals surface area (Å²) in [5.41, 5.74) is 3.63. The number of thiophene rings is 1. The first-order valence-corrected chi connectivity index (χ1v) is 13.7. The van der Waals surface area contributed by atoms with Gasteiger partial charge in [-0.15, -0.1) is 11.3 Å². The lowest BCUT2D eigenvalue weighted by molar-refractivity contribution is 1.19. The highest BCUT2D eigenvalue weighted by atomic mass is 32.1. The van der Waals surface area contributed by atoms with E-state index in [9.17, 15) is 0 Å². The van der Waals surface area contributed by atoms with E-state index < -0.39 is 0 Å². The van der Waals surface area contributed by atoms with Crippen LogP contribution in [0.4, 0.5) is 0 Å². The second kappa shape index (κ2) is 7.41. The van der Waals surface area contributed by atoms with Crippen LogP contribution < -0.4 is 0 Å². The smallest absolute Gasteiger partial charge is 0.124 e. The number of hydrogen-bond donors (Lipinski definition) is 0. The third kappa shape index (κ3) is 2.59.